The minimum atomic E-state index is -0.346. The molecule has 0 aliphatic rings. The number of nitrogens with zero attached hydrogens (tertiary/aromatic N) is 3. The van der Waals surface area contributed by atoms with Crippen molar-refractivity contribution in [1.29, 1.82) is 0 Å². The van der Waals surface area contributed by atoms with Crippen LogP contribution in [0.5, 0.6) is 17.2 Å². The van der Waals surface area contributed by atoms with Gasteiger partial charge in [-0.05, 0) is 59.7 Å². The highest BCUT2D eigenvalue weighted by Crippen LogP contribution is 2.29. The lowest BCUT2D eigenvalue weighted by Crippen LogP contribution is -2.19. The van der Waals surface area contributed by atoms with Crippen molar-refractivity contribution in [2.45, 2.75) is 18.4 Å². The van der Waals surface area contributed by atoms with Gasteiger partial charge in [0.1, 0.15) is 12.4 Å². The molecule has 4 aromatic rings. The van der Waals surface area contributed by atoms with Crippen LogP contribution in [0.15, 0.2) is 79.9 Å². The number of benzene rings is 3. The highest BCUT2D eigenvalue weighted by atomic mass is 79.9. The van der Waals surface area contributed by atoms with Gasteiger partial charge in [-0.3, -0.25) is 4.79 Å². The van der Waals surface area contributed by atoms with Gasteiger partial charge in [0, 0.05) is 9.50 Å². The van der Waals surface area contributed by atoms with Gasteiger partial charge >= 0.3 is 0 Å². The Bertz CT molecular complexity index is 1450. The SMILES string of the molecule is COc1cc(/C=N\NC(=O)CSc2nnc(COc3ccc(Cl)cc3Cl)o2)ccc1OCc1ccc(Br)cc1. The molecule has 1 amide bonds. The standard InChI is InChI=1S/C26H21BrCl2N4O5S/c1-35-23-10-17(4-8-22(23)36-13-16-2-5-18(27)6-3-16)12-30-31-24(34)15-39-26-33-32-25(38-26)14-37-21-9-7-19(28)11-20(21)29/h2-12H,13-15H2,1H3,(H,31,34)/b30-12-. The van der Waals surface area contributed by atoms with E-state index in [0.29, 0.717) is 33.9 Å². The Hall–Kier alpha value is -3.25. The second kappa shape index (κ2) is 14.2. The van der Waals surface area contributed by atoms with Crippen LogP contribution in [0.25, 0.3) is 0 Å². The molecule has 1 aromatic heterocycles. The smallest absolute Gasteiger partial charge is 0.277 e. The molecule has 202 valence electrons. The topological polar surface area (TPSA) is 108 Å². The van der Waals surface area contributed by atoms with Crippen LogP contribution in [-0.4, -0.2) is 35.2 Å². The number of hydrazone groups is 1. The summed E-state index contributed by atoms with van der Waals surface area (Å²) in [6, 6.07) is 18.1. The Balaban J connectivity index is 1.21. The fourth-order valence-corrected chi connectivity index (χ4v) is 4.35. The molecule has 0 aliphatic carbocycles. The maximum atomic E-state index is 12.2. The molecular weight excluding hydrogens is 631 g/mol. The molecule has 0 aliphatic heterocycles. The van der Waals surface area contributed by atoms with E-state index in [-0.39, 0.29) is 29.4 Å². The van der Waals surface area contributed by atoms with Crippen LogP contribution in [0.3, 0.4) is 0 Å². The quantitative estimate of drug-likeness (QED) is 0.104. The minimum Gasteiger partial charge on any atom is -0.493 e. The maximum Gasteiger partial charge on any atom is 0.277 e. The molecule has 9 nitrogen and oxygen atoms in total. The maximum absolute atomic E-state index is 12.2. The number of hydrogen-bond acceptors (Lipinski definition) is 9. The van der Waals surface area contributed by atoms with Gasteiger partial charge < -0.3 is 18.6 Å². The number of methoxy groups -OCH3 is 1. The number of carbonyl (C=O) groups excluding carboxylic acids is 1. The van der Waals surface area contributed by atoms with Gasteiger partial charge in [0.15, 0.2) is 18.1 Å². The van der Waals surface area contributed by atoms with Gasteiger partial charge in [0.2, 0.25) is 0 Å². The summed E-state index contributed by atoms with van der Waals surface area (Å²) in [5, 5.41) is 12.9. The summed E-state index contributed by atoms with van der Waals surface area (Å²) in [4.78, 5) is 12.2. The molecule has 0 bridgehead atoms. The van der Waals surface area contributed by atoms with Crippen molar-refractivity contribution in [3.8, 4) is 17.2 Å². The van der Waals surface area contributed by atoms with Crippen molar-refractivity contribution in [3.05, 3.63) is 92.2 Å². The highest BCUT2D eigenvalue weighted by Gasteiger charge is 2.11. The predicted molar refractivity (Wildman–Crippen MR) is 153 cm³/mol. The fraction of sp³-hybridized carbons (Fsp3) is 0.154. The first-order valence-corrected chi connectivity index (χ1v) is 13.8. The van der Waals surface area contributed by atoms with Crippen molar-refractivity contribution >= 4 is 63.0 Å². The van der Waals surface area contributed by atoms with Crippen LogP contribution < -0.4 is 19.6 Å². The lowest BCUT2D eigenvalue weighted by atomic mass is 10.2. The molecule has 0 radical (unpaired) electrons. The van der Waals surface area contributed by atoms with Crippen LogP contribution in [0, 0.1) is 0 Å². The molecule has 0 spiro atoms. The summed E-state index contributed by atoms with van der Waals surface area (Å²) in [6.07, 6.45) is 1.51. The highest BCUT2D eigenvalue weighted by molar-refractivity contribution is 9.10. The molecule has 4 rings (SSSR count). The van der Waals surface area contributed by atoms with Crippen LogP contribution in [0.1, 0.15) is 17.0 Å². The number of thioether (sulfide) groups is 1. The third-order valence-corrected chi connectivity index (χ3v) is 6.80. The molecule has 1 N–H and O–H groups in total. The number of ether oxygens (including phenoxy) is 3. The van der Waals surface area contributed by atoms with Gasteiger partial charge in [0.25, 0.3) is 17.0 Å². The van der Waals surface area contributed by atoms with E-state index in [1.54, 1.807) is 37.4 Å². The predicted octanol–water partition coefficient (Wildman–Crippen LogP) is 6.55. The number of halogens is 3. The first-order valence-electron chi connectivity index (χ1n) is 11.3. The molecule has 0 fully saturated rings. The molecule has 13 heteroatoms. The van der Waals surface area contributed by atoms with Crippen LogP contribution in [0.4, 0.5) is 0 Å². The van der Waals surface area contributed by atoms with E-state index in [2.05, 4.69) is 36.7 Å². The van der Waals surface area contributed by atoms with Crippen molar-refractivity contribution < 1.29 is 23.4 Å². The number of rotatable bonds is 12. The van der Waals surface area contributed by atoms with Crippen LogP contribution in [0.2, 0.25) is 10.0 Å². The van der Waals surface area contributed by atoms with E-state index in [0.717, 1.165) is 27.4 Å². The van der Waals surface area contributed by atoms with E-state index in [9.17, 15) is 4.79 Å². The van der Waals surface area contributed by atoms with Gasteiger partial charge in [0.05, 0.1) is 24.1 Å². The number of nitrogens with one attached hydrogen (secondary N) is 1. The molecular formula is C26H21BrCl2N4O5S. The number of carbonyl (C=O) groups is 1. The largest absolute Gasteiger partial charge is 0.493 e. The van der Waals surface area contributed by atoms with Gasteiger partial charge in [-0.25, -0.2) is 5.43 Å². The Kier molecular flexibility index (Phi) is 10.5. The van der Waals surface area contributed by atoms with Crippen molar-refractivity contribution in [1.82, 2.24) is 15.6 Å². The minimum absolute atomic E-state index is 0.0168. The lowest BCUT2D eigenvalue weighted by Gasteiger charge is -2.11. The van der Waals surface area contributed by atoms with E-state index in [1.807, 2.05) is 30.3 Å². The second-order valence-corrected chi connectivity index (χ2v) is 10.4. The van der Waals surface area contributed by atoms with Crippen LogP contribution in [-0.2, 0) is 18.0 Å². The monoisotopic (exact) mass is 650 g/mol. The zero-order valence-corrected chi connectivity index (χ0v) is 24.3. The normalized spacial score (nSPS) is 11.0. The van der Waals surface area contributed by atoms with E-state index >= 15 is 0 Å². The number of hydrogen-bond donors (Lipinski definition) is 1. The summed E-state index contributed by atoms with van der Waals surface area (Å²) in [5.41, 5.74) is 4.21. The van der Waals surface area contributed by atoms with E-state index < -0.39 is 0 Å². The molecule has 39 heavy (non-hydrogen) atoms. The second-order valence-electron chi connectivity index (χ2n) is 7.73. The third kappa shape index (κ3) is 8.89. The molecule has 1 heterocycles. The summed E-state index contributed by atoms with van der Waals surface area (Å²) < 4.78 is 23.4. The first-order chi connectivity index (χ1) is 18.9. The van der Waals surface area contributed by atoms with Gasteiger partial charge in [-0.2, -0.15) is 5.10 Å². The zero-order valence-electron chi connectivity index (χ0n) is 20.4. The lowest BCUT2D eigenvalue weighted by molar-refractivity contribution is -0.118. The Morgan fingerprint density at radius 3 is 2.56 bits per heavy atom. The average Bonchev–Trinajstić information content (AvgIpc) is 3.39. The molecule has 0 unspecified atom stereocenters. The Morgan fingerprint density at radius 2 is 1.79 bits per heavy atom. The summed E-state index contributed by atoms with van der Waals surface area (Å²) in [6.45, 7) is 0.416. The fourth-order valence-electron chi connectivity index (χ4n) is 3.05. The number of aromatic nitrogens is 2. The van der Waals surface area contributed by atoms with Crippen molar-refractivity contribution in [2.75, 3.05) is 12.9 Å². The van der Waals surface area contributed by atoms with E-state index in [1.165, 1.54) is 6.21 Å². The Labute approximate surface area is 247 Å². The third-order valence-electron chi connectivity index (χ3n) is 4.92. The molecule has 3 aromatic carbocycles. The molecule has 0 atom stereocenters. The molecule has 0 saturated carbocycles. The summed E-state index contributed by atoms with van der Waals surface area (Å²) in [5.74, 6) is 1.49. The van der Waals surface area contributed by atoms with Crippen LogP contribution >= 0.6 is 50.9 Å². The first kappa shape index (κ1) is 28.8. The van der Waals surface area contributed by atoms with Gasteiger partial charge in [-0.15, -0.1) is 10.2 Å². The zero-order chi connectivity index (χ0) is 27.6. The van der Waals surface area contributed by atoms with E-state index in [4.69, 9.17) is 41.8 Å². The summed E-state index contributed by atoms with van der Waals surface area (Å²) >= 11 is 16.4. The van der Waals surface area contributed by atoms with Crippen molar-refractivity contribution in [2.24, 2.45) is 5.10 Å². The average molecular weight is 652 g/mol. The number of amides is 1. The van der Waals surface area contributed by atoms with Gasteiger partial charge in [-0.1, -0.05) is 63.0 Å². The molecule has 0 saturated heterocycles. The Morgan fingerprint density at radius 1 is 1.03 bits per heavy atom. The summed E-state index contributed by atoms with van der Waals surface area (Å²) in [7, 11) is 1.56. The van der Waals surface area contributed by atoms with Crippen molar-refractivity contribution in [3.63, 3.8) is 0 Å².